The van der Waals surface area contributed by atoms with Gasteiger partial charge in [-0.15, -0.1) is 0 Å². The Morgan fingerprint density at radius 3 is 2.62 bits per heavy atom. The number of carboxylic acid groups (broad SMARTS) is 1. The summed E-state index contributed by atoms with van der Waals surface area (Å²) in [6.45, 7) is 3.49. The average molecular weight is 184 g/mol. The minimum absolute atomic E-state index is 0.134. The number of amides is 1. The maximum absolute atomic E-state index is 11.3. The highest BCUT2D eigenvalue weighted by atomic mass is 16.4. The van der Waals surface area contributed by atoms with E-state index in [-0.39, 0.29) is 18.5 Å². The number of hydrogen-bond acceptors (Lipinski definition) is 3. The standard InChI is InChI=1S/C8H12N2O3/c1-4-6(3-7(11)12)8(13)10-5(2)9-4/h5,9H,3H2,1-2H3,(H,10,13)(H,11,12)/t5-/m0/s1. The van der Waals surface area contributed by atoms with Crippen molar-refractivity contribution < 1.29 is 14.7 Å². The van der Waals surface area contributed by atoms with Crippen LogP contribution in [0.3, 0.4) is 0 Å². The molecule has 1 heterocycles. The molecule has 0 spiro atoms. The Labute approximate surface area is 75.8 Å². The van der Waals surface area contributed by atoms with E-state index in [1.807, 2.05) is 0 Å². The largest absolute Gasteiger partial charge is 0.481 e. The van der Waals surface area contributed by atoms with Crippen LogP contribution in [0.25, 0.3) is 0 Å². The van der Waals surface area contributed by atoms with E-state index in [0.29, 0.717) is 11.3 Å². The van der Waals surface area contributed by atoms with Crippen LogP contribution in [0.15, 0.2) is 11.3 Å². The second-order valence-electron chi connectivity index (χ2n) is 3.01. The van der Waals surface area contributed by atoms with Gasteiger partial charge < -0.3 is 15.7 Å². The Bertz CT molecular complexity index is 283. The summed E-state index contributed by atoms with van der Waals surface area (Å²) in [6, 6.07) is 0. The fraction of sp³-hybridized carbons (Fsp3) is 0.500. The molecule has 0 bridgehead atoms. The van der Waals surface area contributed by atoms with Crippen molar-refractivity contribution in [2.75, 3.05) is 0 Å². The van der Waals surface area contributed by atoms with Crippen molar-refractivity contribution in [3.05, 3.63) is 11.3 Å². The Morgan fingerprint density at radius 2 is 2.15 bits per heavy atom. The van der Waals surface area contributed by atoms with Gasteiger partial charge in [-0.3, -0.25) is 9.59 Å². The molecule has 3 N–H and O–H groups in total. The Balaban J connectivity index is 2.85. The average Bonchev–Trinajstić information content (AvgIpc) is 1.96. The van der Waals surface area contributed by atoms with Crippen molar-refractivity contribution >= 4 is 11.9 Å². The number of carboxylic acids is 1. The molecule has 1 aliphatic rings. The monoisotopic (exact) mass is 184 g/mol. The molecular formula is C8H12N2O3. The molecule has 1 amide bonds. The number of carbonyl (C=O) groups excluding carboxylic acids is 1. The van der Waals surface area contributed by atoms with Gasteiger partial charge in [0, 0.05) is 11.3 Å². The van der Waals surface area contributed by atoms with Gasteiger partial charge in [-0.1, -0.05) is 0 Å². The third-order valence-corrected chi connectivity index (χ3v) is 1.84. The number of nitrogens with one attached hydrogen (secondary N) is 2. The van der Waals surface area contributed by atoms with E-state index in [1.165, 1.54) is 0 Å². The smallest absolute Gasteiger partial charge is 0.308 e. The van der Waals surface area contributed by atoms with Crippen molar-refractivity contribution in [2.45, 2.75) is 26.4 Å². The molecule has 0 saturated heterocycles. The fourth-order valence-corrected chi connectivity index (χ4v) is 1.27. The lowest BCUT2D eigenvalue weighted by molar-refractivity contribution is -0.137. The second-order valence-corrected chi connectivity index (χ2v) is 3.01. The third-order valence-electron chi connectivity index (χ3n) is 1.84. The van der Waals surface area contributed by atoms with Gasteiger partial charge in [0.25, 0.3) is 5.91 Å². The Kier molecular flexibility index (Phi) is 2.55. The van der Waals surface area contributed by atoms with Crippen molar-refractivity contribution in [3.63, 3.8) is 0 Å². The number of hydrogen-bond donors (Lipinski definition) is 3. The predicted octanol–water partition coefficient (Wildman–Crippen LogP) is -0.200. The fourth-order valence-electron chi connectivity index (χ4n) is 1.27. The van der Waals surface area contributed by atoms with Crippen molar-refractivity contribution in [3.8, 4) is 0 Å². The molecule has 0 aromatic heterocycles. The van der Waals surface area contributed by atoms with Crippen molar-refractivity contribution in [1.29, 1.82) is 0 Å². The molecule has 1 rings (SSSR count). The first-order valence-corrected chi connectivity index (χ1v) is 3.99. The van der Waals surface area contributed by atoms with Crippen LogP contribution in [-0.4, -0.2) is 23.1 Å². The molecule has 0 aliphatic carbocycles. The van der Waals surface area contributed by atoms with Gasteiger partial charge in [-0.05, 0) is 13.8 Å². The van der Waals surface area contributed by atoms with E-state index >= 15 is 0 Å². The SMILES string of the molecule is CC1=C(CC(=O)O)C(=O)N[C@@H](C)N1. The molecule has 72 valence electrons. The summed E-state index contributed by atoms with van der Waals surface area (Å²) in [7, 11) is 0. The van der Waals surface area contributed by atoms with Crippen LogP contribution >= 0.6 is 0 Å². The van der Waals surface area contributed by atoms with Gasteiger partial charge >= 0.3 is 5.97 Å². The zero-order valence-corrected chi connectivity index (χ0v) is 7.55. The Morgan fingerprint density at radius 1 is 1.54 bits per heavy atom. The summed E-state index contributed by atoms with van der Waals surface area (Å²) in [4.78, 5) is 21.7. The lowest BCUT2D eigenvalue weighted by atomic mass is 10.1. The van der Waals surface area contributed by atoms with Crippen LogP contribution in [0, 0.1) is 0 Å². The highest BCUT2D eigenvalue weighted by Crippen LogP contribution is 2.11. The van der Waals surface area contributed by atoms with Crippen LogP contribution in [0.4, 0.5) is 0 Å². The molecule has 13 heavy (non-hydrogen) atoms. The normalized spacial score (nSPS) is 22.3. The molecule has 0 saturated carbocycles. The van der Waals surface area contributed by atoms with Crippen LogP contribution in [0.1, 0.15) is 20.3 Å². The highest BCUT2D eigenvalue weighted by Gasteiger charge is 2.22. The summed E-state index contributed by atoms with van der Waals surface area (Å²) >= 11 is 0. The highest BCUT2D eigenvalue weighted by molar-refractivity contribution is 5.98. The molecule has 5 nitrogen and oxygen atoms in total. The summed E-state index contributed by atoms with van der Waals surface area (Å²) < 4.78 is 0. The number of rotatable bonds is 2. The predicted molar refractivity (Wildman–Crippen MR) is 45.7 cm³/mol. The molecule has 1 atom stereocenters. The van der Waals surface area contributed by atoms with Gasteiger partial charge in [0.2, 0.25) is 0 Å². The van der Waals surface area contributed by atoms with E-state index in [1.54, 1.807) is 13.8 Å². The zero-order chi connectivity index (χ0) is 10.0. The summed E-state index contributed by atoms with van der Waals surface area (Å²) in [5, 5.41) is 14.1. The van der Waals surface area contributed by atoms with Gasteiger partial charge in [0.05, 0.1) is 12.6 Å². The third kappa shape index (κ3) is 2.21. The van der Waals surface area contributed by atoms with Gasteiger partial charge in [-0.25, -0.2) is 0 Å². The summed E-state index contributed by atoms with van der Waals surface area (Å²) in [6.07, 6.45) is -0.373. The lowest BCUT2D eigenvalue weighted by Gasteiger charge is -2.25. The first-order chi connectivity index (χ1) is 6.00. The maximum Gasteiger partial charge on any atom is 0.308 e. The minimum atomic E-state index is -0.999. The molecule has 0 aromatic carbocycles. The number of carbonyl (C=O) groups is 2. The topological polar surface area (TPSA) is 78.4 Å². The summed E-state index contributed by atoms with van der Waals surface area (Å²) in [5.74, 6) is -1.30. The van der Waals surface area contributed by atoms with E-state index in [0.717, 1.165) is 0 Å². The van der Waals surface area contributed by atoms with E-state index in [9.17, 15) is 9.59 Å². The lowest BCUT2D eigenvalue weighted by Crippen LogP contribution is -2.48. The van der Waals surface area contributed by atoms with E-state index < -0.39 is 5.97 Å². The van der Waals surface area contributed by atoms with Crippen LogP contribution < -0.4 is 10.6 Å². The quantitative estimate of drug-likeness (QED) is 0.555. The minimum Gasteiger partial charge on any atom is -0.481 e. The van der Waals surface area contributed by atoms with Gasteiger partial charge in [-0.2, -0.15) is 0 Å². The van der Waals surface area contributed by atoms with Crippen molar-refractivity contribution in [2.24, 2.45) is 0 Å². The number of allylic oxidation sites excluding steroid dienone is 1. The molecule has 0 radical (unpaired) electrons. The molecular weight excluding hydrogens is 172 g/mol. The molecule has 5 heteroatoms. The van der Waals surface area contributed by atoms with Gasteiger partial charge in [0.15, 0.2) is 0 Å². The molecule has 0 aromatic rings. The Hall–Kier alpha value is -1.52. The van der Waals surface area contributed by atoms with Gasteiger partial charge in [0.1, 0.15) is 0 Å². The summed E-state index contributed by atoms with van der Waals surface area (Å²) in [5.41, 5.74) is 0.934. The molecule has 0 fully saturated rings. The second kappa shape index (κ2) is 3.47. The van der Waals surface area contributed by atoms with Crippen LogP contribution in [0.2, 0.25) is 0 Å². The molecule has 0 unspecified atom stereocenters. The first-order valence-electron chi connectivity index (χ1n) is 3.99. The maximum atomic E-state index is 11.3. The van der Waals surface area contributed by atoms with Crippen LogP contribution in [0.5, 0.6) is 0 Å². The zero-order valence-electron chi connectivity index (χ0n) is 7.55. The van der Waals surface area contributed by atoms with E-state index in [4.69, 9.17) is 5.11 Å². The van der Waals surface area contributed by atoms with Crippen LogP contribution in [-0.2, 0) is 9.59 Å². The van der Waals surface area contributed by atoms with E-state index in [2.05, 4.69) is 10.6 Å². The molecule has 1 aliphatic heterocycles. The first kappa shape index (κ1) is 9.57. The van der Waals surface area contributed by atoms with Crippen molar-refractivity contribution in [1.82, 2.24) is 10.6 Å². The number of aliphatic carboxylic acids is 1.